The number of ether oxygens (including phenoxy) is 7. The zero-order valence-corrected chi connectivity index (χ0v) is 25.6. The molecule has 4 aliphatic rings. The Morgan fingerprint density at radius 2 is 0.766 bits per heavy atom. The summed E-state index contributed by atoms with van der Waals surface area (Å²) < 4.78 is 39.8. The second kappa shape index (κ2) is 16.5. The summed E-state index contributed by atoms with van der Waals surface area (Å²) in [5, 5.41) is 134. The summed E-state index contributed by atoms with van der Waals surface area (Å²) in [5.41, 5.74) is 0. The molecule has 4 fully saturated rings. The van der Waals surface area contributed by atoms with Crippen LogP contribution in [0, 0.1) is 5.92 Å². The van der Waals surface area contributed by atoms with Crippen LogP contribution in [0.1, 0.15) is 13.8 Å². The maximum atomic E-state index is 11.1. The van der Waals surface area contributed by atoms with Gasteiger partial charge in [-0.25, -0.2) is 0 Å². The third-order valence-electron chi connectivity index (χ3n) is 8.93. The van der Waals surface area contributed by atoms with Gasteiger partial charge >= 0.3 is 0 Å². The average Bonchev–Trinajstić information content (AvgIpc) is 3.05. The summed E-state index contributed by atoms with van der Waals surface area (Å²) in [7, 11) is 0. The third-order valence-corrected chi connectivity index (χ3v) is 8.93. The number of hydrogen-bond acceptors (Lipinski definition) is 20. The molecule has 0 aromatic carbocycles. The minimum atomic E-state index is -1.97. The number of rotatable bonds is 11. The van der Waals surface area contributed by atoms with Crippen molar-refractivity contribution in [2.24, 2.45) is 5.92 Å². The van der Waals surface area contributed by atoms with E-state index in [9.17, 15) is 66.4 Å². The first-order valence-electron chi connectivity index (χ1n) is 15.3. The second-order valence-electron chi connectivity index (χ2n) is 12.5. The zero-order valence-electron chi connectivity index (χ0n) is 25.6. The van der Waals surface area contributed by atoms with Crippen molar-refractivity contribution in [3.63, 3.8) is 0 Å². The molecule has 276 valence electrons. The van der Waals surface area contributed by atoms with Crippen molar-refractivity contribution < 1.29 is 99.5 Å². The fourth-order valence-electron chi connectivity index (χ4n) is 6.11. The predicted octanol–water partition coefficient (Wildman–Crippen LogP) is -8.04. The van der Waals surface area contributed by atoms with Gasteiger partial charge in [0.05, 0.1) is 32.5 Å². The first-order chi connectivity index (χ1) is 22.2. The molecule has 0 aromatic rings. The summed E-state index contributed by atoms with van der Waals surface area (Å²) in [6, 6.07) is 0. The molecule has 0 spiro atoms. The molecular weight excluding hydrogens is 644 g/mol. The van der Waals surface area contributed by atoms with Crippen molar-refractivity contribution in [1.82, 2.24) is 0 Å². The van der Waals surface area contributed by atoms with Crippen molar-refractivity contribution >= 4 is 0 Å². The number of hydrogen-bond donors (Lipinski definition) is 13. The molecule has 0 saturated carbocycles. The highest BCUT2D eigenvalue weighted by Gasteiger charge is 2.56. The summed E-state index contributed by atoms with van der Waals surface area (Å²) in [6.45, 7) is 0.269. The highest BCUT2D eigenvalue weighted by molar-refractivity contribution is 5.00. The van der Waals surface area contributed by atoms with Crippen LogP contribution in [0.4, 0.5) is 0 Å². The molecule has 0 radical (unpaired) electrons. The maximum Gasteiger partial charge on any atom is 0.187 e. The molecule has 4 rings (SSSR count). The van der Waals surface area contributed by atoms with Gasteiger partial charge in [-0.2, -0.15) is 0 Å². The second-order valence-corrected chi connectivity index (χ2v) is 12.5. The van der Waals surface area contributed by atoms with Gasteiger partial charge in [0.15, 0.2) is 18.9 Å². The van der Waals surface area contributed by atoms with Crippen molar-refractivity contribution in [1.29, 1.82) is 0 Å². The third kappa shape index (κ3) is 7.92. The Labute approximate surface area is 268 Å². The Kier molecular flexibility index (Phi) is 13.7. The predicted molar refractivity (Wildman–Crippen MR) is 147 cm³/mol. The van der Waals surface area contributed by atoms with Crippen LogP contribution in [0.2, 0.25) is 0 Å². The Morgan fingerprint density at radius 3 is 1.19 bits per heavy atom. The van der Waals surface area contributed by atoms with Gasteiger partial charge in [-0.3, -0.25) is 0 Å². The van der Waals surface area contributed by atoms with Gasteiger partial charge < -0.3 is 99.5 Å². The molecule has 20 atom stereocenters. The lowest BCUT2D eigenvalue weighted by Gasteiger charge is -2.50. The minimum absolute atomic E-state index is 0.441. The van der Waals surface area contributed by atoms with E-state index in [2.05, 4.69) is 0 Å². The largest absolute Gasteiger partial charge is 0.394 e. The monoisotopic (exact) mass is 692 g/mol. The van der Waals surface area contributed by atoms with Crippen LogP contribution in [0.5, 0.6) is 0 Å². The molecule has 0 aromatic heterocycles. The Bertz CT molecular complexity index is 957. The molecular formula is C27H48O20. The average molecular weight is 693 g/mol. The topological polar surface area (TPSA) is 328 Å². The summed E-state index contributed by atoms with van der Waals surface area (Å²) >= 11 is 0. The van der Waals surface area contributed by atoms with Crippen LogP contribution in [-0.2, 0) is 33.2 Å². The van der Waals surface area contributed by atoms with E-state index in [0.29, 0.717) is 0 Å². The molecule has 20 heteroatoms. The van der Waals surface area contributed by atoms with Gasteiger partial charge in [-0.15, -0.1) is 0 Å². The number of aliphatic hydroxyl groups excluding tert-OH is 13. The maximum absolute atomic E-state index is 11.1. The highest BCUT2D eigenvalue weighted by atomic mass is 16.8. The Morgan fingerprint density at radius 1 is 0.404 bits per heavy atom. The zero-order chi connectivity index (χ0) is 34.9. The van der Waals surface area contributed by atoms with E-state index in [1.54, 1.807) is 13.8 Å². The van der Waals surface area contributed by atoms with E-state index in [1.807, 2.05) is 0 Å². The molecule has 13 N–H and O–H groups in total. The van der Waals surface area contributed by atoms with E-state index < -0.39 is 155 Å². The summed E-state index contributed by atoms with van der Waals surface area (Å²) in [6.07, 6.45) is -32.9. The molecule has 0 bridgehead atoms. The number of aliphatic hydroxyl groups is 13. The van der Waals surface area contributed by atoms with Gasteiger partial charge in [-0.05, 0) is 5.92 Å². The van der Waals surface area contributed by atoms with Crippen LogP contribution >= 0.6 is 0 Å². The molecule has 4 saturated heterocycles. The normalized spacial score (nSPS) is 51.3. The lowest BCUT2D eigenvalue weighted by molar-refractivity contribution is -0.385. The fraction of sp³-hybridized carbons (Fsp3) is 1.00. The van der Waals surface area contributed by atoms with Crippen molar-refractivity contribution in [2.75, 3.05) is 26.4 Å². The van der Waals surface area contributed by atoms with E-state index in [1.165, 1.54) is 0 Å². The van der Waals surface area contributed by atoms with Gasteiger partial charge in [0, 0.05) is 0 Å². The summed E-state index contributed by atoms with van der Waals surface area (Å²) in [5.74, 6) is -0.441. The van der Waals surface area contributed by atoms with E-state index in [4.69, 9.17) is 33.2 Å². The molecule has 0 amide bonds. The Balaban J connectivity index is 1.57. The first kappa shape index (κ1) is 39.0. The van der Waals surface area contributed by atoms with Crippen molar-refractivity contribution in [2.45, 2.75) is 136 Å². The molecule has 0 aliphatic carbocycles. The smallest absolute Gasteiger partial charge is 0.187 e. The fourth-order valence-corrected chi connectivity index (χ4v) is 6.11. The minimum Gasteiger partial charge on any atom is -0.394 e. The first-order valence-corrected chi connectivity index (χ1v) is 15.3. The van der Waals surface area contributed by atoms with Crippen LogP contribution in [0.15, 0.2) is 0 Å². The van der Waals surface area contributed by atoms with Crippen LogP contribution in [0.25, 0.3) is 0 Å². The van der Waals surface area contributed by atoms with Crippen LogP contribution in [0.3, 0.4) is 0 Å². The van der Waals surface area contributed by atoms with Crippen molar-refractivity contribution in [3.8, 4) is 0 Å². The molecule has 4 heterocycles. The van der Waals surface area contributed by atoms with Gasteiger partial charge in [0.2, 0.25) is 0 Å². The van der Waals surface area contributed by atoms with E-state index >= 15 is 0 Å². The SMILES string of the molecule is CC(C)[C@@H]1O[C@H](CO)[C@@H](O)[C@H](O[C@@H]2O[C@H](CO)[C@@H](O)[C@H](O)[C@H]2O)[C@H]1O[C@@H]1O[C@H](CO)[C@@H](O[C@@H]2O[C@H](CO)[C@@H](O)[C@H](O)[C@H]2O)[C@H](O)[C@H]1O. The van der Waals surface area contributed by atoms with Gasteiger partial charge in [0.1, 0.15) is 97.7 Å². The highest BCUT2D eigenvalue weighted by Crippen LogP contribution is 2.36. The molecule has 20 nitrogen and oxygen atoms in total. The van der Waals surface area contributed by atoms with Crippen LogP contribution < -0.4 is 0 Å². The quantitative estimate of drug-likeness (QED) is 0.0956. The molecule has 4 aliphatic heterocycles. The standard InChI is InChI=1S/C27H48O20/c1-7(2)21-24(23(14(34)10(5-30)41-21)46-26-19(39)16(36)13(33)9(4-29)43-26)47-27-20(40)17(37)22(11(6-31)44-27)45-25-18(38)15(35)12(32)8(3-28)42-25/h7-40H,3-6H2,1-2H3/t8-,9-,10-,11-,12-,13-,14-,15+,16+,17-,18-,19-,20-,21+,22-,23+,24+,25+,26+,27+/m1/s1. The van der Waals surface area contributed by atoms with E-state index in [-0.39, 0.29) is 0 Å². The van der Waals surface area contributed by atoms with Gasteiger partial charge in [0.25, 0.3) is 0 Å². The Hall–Kier alpha value is -0.800. The van der Waals surface area contributed by atoms with Crippen molar-refractivity contribution in [3.05, 3.63) is 0 Å². The van der Waals surface area contributed by atoms with Crippen LogP contribution in [-0.4, -0.2) is 215 Å². The van der Waals surface area contributed by atoms with E-state index in [0.717, 1.165) is 0 Å². The molecule has 0 unspecified atom stereocenters. The lowest BCUT2D eigenvalue weighted by Crippen LogP contribution is -2.68. The summed E-state index contributed by atoms with van der Waals surface area (Å²) in [4.78, 5) is 0. The molecule has 47 heavy (non-hydrogen) atoms. The van der Waals surface area contributed by atoms with Gasteiger partial charge in [-0.1, -0.05) is 13.8 Å². The lowest BCUT2D eigenvalue weighted by atomic mass is 9.88.